The van der Waals surface area contributed by atoms with E-state index in [4.69, 9.17) is 4.74 Å². The number of nitrogens with zero attached hydrogens (tertiary/aromatic N) is 2. The molecule has 1 aliphatic heterocycles. The summed E-state index contributed by atoms with van der Waals surface area (Å²) in [6.45, 7) is 8.00. The number of ether oxygens (including phenoxy) is 1. The maximum atomic E-state index is 12.8. The Labute approximate surface area is 207 Å². The van der Waals surface area contributed by atoms with Gasteiger partial charge in [0.15, 0.2) is 0 Å². The first-order valence-electron chi connectivity index (χ1n) is 12.7. The van der Waals surface area contributed by atoms with E-state index in [0.29, 0.717) is 24.1 Å². The molecule has 2 fully saturated rings. The number of rotatable bonds is 7. The molecule has 1 saturated carbocycles. The third-order valence-corrected chi connectivity index (χ3v) is 8.14. The van der Waals surface area contributed by atoms with Crippen LogP contribution in [0.3, 0.4) is 0 Å². The van der Waals surface area contributed by atoms with Crippen molar-refractivity contribution in [3.63, 3.8) is 0 Å². The highest BCUT2D eigenvalue weighted by molar-refractivity contribution is 7.09. The molecule has 2 heterocycles. The van der Waals surface area contributed by atoms with Crippen LogP contribution in [0.5, 0.6) is 5.75 Å². The molecule has 1 saturated heterocycles. The first-order chi connectivity index (χ1) is 16.4. The fraction of sp³-hybridized carbons (Fsp3) is 0.593. The Hall–Kier alpha value is -2.41. The van der Waals surface area contributed by atoms with Gasteiger partial charge in [-0.2, -0.15) is 0 Å². The van der Waals surface area contributed by atoms with Gasteiger partial charge in [-0.1, -0.05) is 37.5 Å². The van der Waals surface area contributed by atoms with Gasteiger partial charge in [-0.25, -0.2) is 4.98 Å². The van der Waals surface area contributed by atoms with Crippen molar-refractivity contribution in [2.45, 2.75) is 77.7 Å². The van der Waals surface area contributed by atoms with Gasteiger partial charge in [-0.3, -0.25) is 9.59 Å². The van der Waals surface area contributed by atoms with Crippen LogP contribution < -0.4 is 10.1 Å². The topological polar surface area (TPSA) is 71.5 Å². The van der Waals surface area contributed by atoms with Gasteiger partial charge in [0.2, 0.25) is 5.91 Å². The van der Waals surface area contributed by atoms with Crippen LogP contribution in [-0.2, 0) is 4.79 Å². The average Bonchev–Trinajstić information content (AvgIpc) is 3.34. The van der Waals surface area contributed by atoms with Crippen LogP contribution >= 0.6 is 11.3 Å². The molecule has 0 radical (unpaired) electrons. The second-order valence-corrected chi connectivity index (χ2v) is 10.8. The molecule has 1 N–H and O–H groups in total. The van der Waals surface area contributed by atoms with Crippen LogP contribution in [0.25, 0.3) is 0 Å². The Morgan fingerprint density at radius 1 is 1.12 bits per heavy atom. The molecule has 184 valence electrons. The molecule has 1 aliphatic carbocycles. The third-order valence-electron chi connectivity index (χ3n) is 7.13. The van der Waals surface area contributed by atoms with Crippen molar-refractivity contribution in [1.82, 2.24) is 15.2 Å². The first kappa shape index (κ1) is 24.7. The summed E-state index contributed by atoms with van der Waals surface area (Å²) in [4.78, 5) is 32.3. The van der Waals surface area contributed by atoms with Crippen LogP contribution in [0.2, 0.25) is 0 Å². The number of carbonyl (C=O) groups excluding carboxylic acids is 2. The fourth-order valence-corrected chi connectivity index (χ4v) is 6.08. The summed E-state index contributed by atoms with van der Waals surface area (Å²) in [6, 6.07) is 5.93. The zero-order valence-corrected chi connectivity index (χ0v) is 21.5. The second-order valence-electron chi connectivity index (χ2n) is 9.91. The van der Waals surface area contributed by atoms with Gasteiger partial charge < -0.3 is 15.0 Å². The van der Waals surface area contributed by atoms with Gasteiger partial charge in [-0.05, 0) is 57.6 Å². The maximum Gasteiger partial charge on any atom is 0.271 e. The number of carbonyl (C=O) groups is 2. The van der Waals surface area contributed by atoms with Crippen LogP contribution in [0.15, 0.2) is 23.6 Å². The van der Waals surface area contributed by atoms with Gasteiger partial charge in [0.1, 0.15) is 18.1 Å². The lowest BCUT2D eigenvalue weighted by Gasteiger charge is -2.34. The van der Waals surface area contributed by atoms with E-state index in [0.717, 1.165) is 60.7 Å². The normalized spacial score (nSPS) is 18.5. The number of amides is 2. The molecular formula is C27H37N3O3S. The number of aryl methyl sites for hydroxylation is 2. The van der Waals surface area contributed by atoms with Crippen molar-refractivity contribution in [1.29, 1.82) is 0 Å². The molecule has 2 amide bonds. The number of likely N-dealkylation sites (tertiary alicyclic amines) is 1. The summed E-state index contributed by atoms with van der Waals surface area (Å²) in [5, 5.41) is 5.87. The van der Waals surface area contributed by atoms with Crippen molar-refractivity contribution in [2.75, 3.05) is 19.7 Å². The van der Waals surface area contributed by atoms with Gasteiger partial charge in [0.05, 0.1) is 11.0 Å². The molecule has 2 aliphatic rings. The lowest BCUT2D eigenvalue weighted by Crippen LogP contribution is -2.41. The lowest BCUT2D eigenvalue weighted by molar-refractivity contribution is -0.137. The Kier molecular flexibility index (Phi) is 8.24. The second kappa shape index (κ2) is 11.3. The van der Waals surface area contributed by atoms with Crippen molar-refractivity contribution >= 4 is 23.2 Å². The van der Waals surface area contributed by atoms with E-state index in [-0.39, 0.29) is 17.9 Å². The highest BCUT2D eigenvalue weighted by atomic mass is 32.1. The number of hydrogen-bond donors (Lipinski definition) is 1. The Morgan fingerprint density at radius 3 is 2.47 bits per heavy atom. The van der Waals surface area contributed by atoms with E-state index in [1.54, 1.807) is 11.3 Å². The quantitative estimate of drug-likeness (QED) is 0.584. The van der Waals surface area contributed by atoms with Gasteiger partial charge in [0.25, 0.3) is 5.91 Å². The number of piperidine rings is 1. The number of benzene rings is 1. The summed E-state index contributed by atoms with van der Waals surface area (Å²) in [5.74, 6) is 1.64. The minimum atomic E-state index is -0.162. The van der Waals surface area contributed by atoms with Crippen LogP contribution in [0.1, 0.15) is 84.4 Å². The largest absolute Gasteiger partial charge is 0.491 e. The Morgan fingerprint density at radius 2 is 1.79 bits per heavy atom. The van der Waals surface area contributed by atoms with Gasteiger partial charge in [0, 0.05) is 30.3 Å². The van der Waals surface area contributed by atoms with Crippen molar-refractivity contribution in [3.05, 3.63) is 45.4 Å². The average molecular weight is 484 g/mol. The number of para-hydroxylation sites is 1. The molecule has 1 aromatic carbocycles. The smallest absolute Gasteiger partial charge is 0.271 e. The summed E-state index contributed by atoms with van der Waals surface area (Å²) in [7, 11) is 0. The third kappa shape index (κ3) is 5.98. The standard InChI is InChI=1S/C27H37N3O3S/c1-18-8-7-9-19(2)24(18)33-16-20(3)28-25(31)23-17-34-26(29-23)21-12-14-30(15-13-21)27(32)22-10-5-4-6-11-22/h7-9,17,20-22H,4-6,10-16H2,1-3H3,(H,28,31). The molecule has 1 atom stereocenters. The number of hydrogen-bond acceptors (Lipinski definition) is 5. The zero-order valence-electron chi connectivity index (χ0n) is 20.6. The molecule has 1 aromatic heterocycles. The van der Waals surface area contributed by atoms with E-state index in [2.05, 4.69) is 15.2 Å². The summed E-state index contributed by atoms with van der Waals surface area (Å²) in [6.07, 6.45) is 7.60. The molecule has 7 heteroatoms. The molecular weight excluding hydrogens is 446 g/mol. The molecule has 0 bridgehead atoms. The lowest BCUT2D eigenvalue weighted by atomic mass is 9.87. The zero-order chi connectivity index (χ0) is 24.1. The van der Waals surface area contributed by atoms with E-state index < -0.39 is 0 Å². The molecule has 6 nitrogen and oxygen atoms in total. The minimum Gasteiger partial charge on any atom is -0.491 e. The number of thiazole rings is 1. The van der Waals surface area contributed by atoms with Crippen molar-refractivity contribution < 1.29 is 14.3 Å². The van der Waals surface area contributed by atoms with E-state index in [1.165, 1.54) is 19.3 Å². The summed E-state index contributed by atoms with van der Waals surface area (Å²) in [5.41, 5.74) is 2.66. The first-order valence-corrected chi connectivity index (χ1v) is 13.5. The molecule has 0 spiro atoms. The minimum absolute atomic E-state index is 0.134. The van der Waals surface area contributed by atoms with Gasteiger partial charge >= 0.3 is 0 Å². The molecule has 34 heavy (non-hydrogen) atoms. The molecule has 4 rings (SSSR count). The Bertz CT molecular complexity index is 971. The van der Waals surface area contributed by atoms with Crippen LogP contribution in [0, 0.1) is 19.8 Å². The predicted molar refractivity (Wildman–Crippen MR) is 136 cm³/mol. The summed E-state index contributed by atoms with van der Waals surface area (Å²) >= 11 is 1.56. The Balaban J connectivity index is 1.25. The number of nitrogens with one attached hydrogen (secondary N) is 1. The van der Waals surface area contributed by atoms with Crippen LogP contribution in [0.4, 0.5) is 0 Å². The van der Waals surface area contributed by atoms with Crippen molar-refractivity contribution in [2.24, 2.45) is 5.92 Å². The van der Waals surface area contributed by atoms with Gasteiger partial charge in [-0.15, -0.1) is 11.3 Å². The highest BCUT2D eigenvalue weighted by Gasteiger charge is 2.30. The van der Waals surface area contributed by atoms with Crippen LogP contribution in [-0.4, -0.2) is 47.4 Å². The van der Waals surface area contributed by atoms with E-state index in [9.17, 15) is 9.59 Å². The monoisotopic (exact) mass is 483 g/mol. The van der Waals surface area contributed by atoms with Crippen molar-refractivity contribution in [3.8, 4) is 5.75 Å². The molecule has 2 aromatic rings. The maximum absolute atomic E-state index is 12.8. The highest BCUT2D eigenvalue weighted by Crippen LogP contribution is 2.32. The summed E-state index contributed by atoms with van der Waals surface area (Å²) < 4.78 is 5.97. The SMILES string of the molecule is Cc1cccc(C)c1OCC(C)NC(=O)c1csc(C2CCN(C(=O)C3CCCCC3)CC2)n1. The number of aromatic nitrogens is 1. The molecule has 1 unspecified atom stereocenters. The van der Waals surface area contributed by atoms with E-state index >= 15 is 0 Å². The predicted octanol–water partition coefficient (Wildman–Crippen LogP) is 5.24. The fourth-order valence-electron chi connectivity index (χ4n) is 5.11. The van der Waals surface area contributed by atoms with E-state index in [1.807, 2.05) is 44.4 Å².